The van der Waals surface area contributed by atoms with Crippen LogP contribution in [0.3, 0.4) is 0 Å². The highest BCUT2D eigenvalue weighted by molar-refractivity contribution is 5.71. The number of aryl methyl sites for hydroxylation is 1. The molecule has 0 amide bonds. The zero-order chi connectivity index (χ0) is 13.7. The van der Waals surface area contributed by atoms with Crippen LogP contribution >= 0.6 is 0 Å². The van der Waals surface area contributed by atoms with Crippen LogP contribution in [0, 0.1) is 24.4 Å². The number of hydrogen-bond donors (Lipinski definition) is 1. The standard InChI is InChI=1S/C13H12F3N3/c1-6-18-12(13(17)19(6)8-2-3-8)7-4-9(14)11(16)10(15)5-7/h4-5,8H,2-3,17H2,1H3. The van der Waals surface area contributed by atoms with E-state index in [0.29, 0.717) is 23.4 Å². The number of anilines is 1. The lowest BCUT2D eigenvalue weighted by Gasteiger charge is -2.05. The van der Waals surface area contributed by atoms with Crippen molar-refractivity contribution in [1.82, 2.24) is 9.55 Å². The Morgan fingerprint density at radius 2 is 1.79 bits per heavy atom. The first-order valence-corrected chi connectivity index (χ1v) is 5.98. The van der Waals surface area contributed by atoms with Crippen LogP contribution in [0.5, 0.6) is 0 Å². The van der Waals surface area contributed by atoms with Gasteiger partial charge in [-0.05, 0) is 31.9 Å². The van der Waals surface area contributed by atoms with E-state index in [-0.39, 0.29) is 5.56 Å². The van der Waals surface area contributed by atoms with E-state index in [1.165, 1.54) is 0 Å². The van der Waals surface area contributed by atoms with E-state index in [4.69, 9.17) is 5.73 Å². The zero-order valence-electron chi connectivity index (χ0n) is 10.3. The van der Waals surface area contributed by atoms with E-state index in [1.54, 1.807) is 6.92 Å². The van der Waals surface area contributed by atoms with Crippen molar-refractivity contribution in [3.05, 3.63) is 35.4 Å². The molecule has 0 radical (unpaired) electrons. The second-order valence-corrected chi connectivity index (χ2v) is 4.75. The Morgan fingerprint density at radius 3 is 2.32 bits per heavy atom. The number of rotatable bonds is 2. The molecule has 1 aromatic carbocycles. The molecule has 0 aliphatic heterocycles. The van der Waals surface area contributed by atoms with E-state index in [2.05, 4.69) is 4.98 Å². The lowest BCUT2D eigenvalue weighted by Crippen LogP contribution is -2.02. The summed E-state index contributed by atoms with van der Waals surface area (Å²) in [6.45, 7) is 1.79. The van der Waals surface area contributed by atoms with Crippen molar-refractivity contribution in [2.75, 3.05) is 5.73 Å². The number of imidazole rings is 1. The Labute approximate surface area is 107 Å². The first-order chi connectivity index (χ1) is 8.99. The van der Waals surface area contributed by atoms with Crippen LogP contribution in [0.1, 0.15) is 24.7 Å². The second kappa shape index (κ2) is 4.01. The fraction of sp³-hybridized carbons (Fsp3) is 0.308. The molecule has 19 heavy (non-hydrogen) atoms. The smallest absolute Gasteiger partial charge is 0.194 e. The number of benzene rings is 1. The van der Waals surface area contributed by atoms with Gasteiger partial charge in [-0.2, -0.15) is 0 Å². The van der Waals surface area contributed by atoms with Crippen LogP contribution < -0.4 is 5.73 Å². The summed E-state index contributed by atoms with van der Waals surface area (Å²) >= 11 is 0. The minimum absolute atomic E-state index is 0.149. The summed E-state index contributed by atoms with van der Waals surface area (Å²) in [6, 6.07) is 2.14. The molecule has 2 aromatic rings. The Kier molecular flexibility index (Phi) is 2.55. The van der Waals surface area contributed by atoms with Crippen molar-refractivity contribution in [3.8, 4) is 11.3 Å². The maximum atomic E-state index is 13.2. The largest absolute Gasteiger partial charge is 0.383 e. The third kappa shape index (κ3) is 1.87. The first kappa shape index (κ1) is 12.1. The molecule has 1 saturated carbocycles. The van der Waals surface area contributed by atoms with Crippen LogP contribution in [-0.4, -0.2) is 9.55 Å². The summed E-state index contributed by atoms with van der Waals surface area (Å²) < 4.78 is 41.3. The monoisotopic (exact) mass is 267 g/mol. The van der Waals surface area contributed by atoms with Crippen LogP contribution in [0.25, 0.3) is 11.3 Å². The SMILES string of the molecule is Cc1nc(-c2cc(F)c(F)c(F)c2)c(N)n1C1CC1. The lowest BCUT2D eigenvalue weighted by atomic mass is 10.1. The van der Waals surface area contributed by atoms with Crippen molar-refractivity contribution < 1.29 is 13.2 Å². The molecule has 0 atom stereocenters. The van der Waals surface area contributed by atoms with Gasteiger partial charge in [-0.15, -0.1) is 0 Å². The summed E-state index contributed by atoms with van der Waals surface area (Å²) in [5.41, 5.74) is 6.42. The highest BCUT2D eigenvalue weighted by atomic mass is 19.2. The van der Waals surface area contributed by atoms with Crippen molar-refractivity contribution in [3.63, 3.8) is 0 Å². The molecule has 1 aliphatic carbocycles. The number of nitrogens with zero attached hydrogens (tertiary/aromatic N) is 2. The molecular formula is C13H12F3N3. The van der Waals surface area contributed by atoms with E-state index in [0.717, 1.165) is 25.0 Å². The molecule has 2 N–H and O–H groups in total. The molecule has 0 saturated heterocycles. The highest BCUT2D eigenvalue weighted by Gasteiger charge is 2.29. The Bertz CT molecular complexity index is 636. The van der Waals surface area contributed by atoms with Gasteiger partial charge in [0.15, 0.2) is 17.5 Å². The summed E-state index contributed by atoms with van der Waals surface area (Å²) in [6.07, 6.45) is 2.04. The molecule has 0 bridgehead atoms. The van der Waals surface area contributed by atoms with Gasteiger partial charge in [0.2, 0.25) is 0 Å². The van der Waals surface area contributed by atoms with Gasteiger partial charge >= 0.3 is 0 Å². The number of nitrogens with two attached hydrogens (primary N) is 1. The van der Waals surface area contributed by atoms with Gasteiger partial charge < -0.3 is 10.3 Å². The van der Waals surface area contributed by atoms with Crippen molar-refractivity contribution in [2.24, 2.45) is 0 Å². The number of hydrogen-bond acceptors (Lipinski definition) is 2. The van der Waals surface area contributed by atoms with Gasteiger partial charge in [0.1, 0.15) is 17.3 Å². The van der Waals surface area contributed by atoms with Crippen molar-refractivity contribution in [1.29, 1.82) is 0 Å². The van der Waals surface area contributed by atoms with Crippen molar-refractivity contribution in [2.45, 2.75) is 25.8 Å². The molecule has 3 nitrogen and oxygen atoms in total. The van der Waals surface area contributed by atoms with E-state index in [1.807, 2.05) is 4.57 Å². The van der Waals surface area contributed by atoms with Gasteiger partial charge in [0.05, 0.1) is 0 Å². The number of nitrogen functional groups attached to an aromatic ring is 1. The average Bonchev–Trinajstić information content (AvgIpc) is 3.13. The molecule has 6 heteroatoms. The zero-order valence-corrected chi connectivity index (χ0v) is 10.3. The van der Waals surface area contributed by atoms with E-state index < -0.39 is 17.5 Å². The molecular weight excluding hydrogens is 255 g/mol. The fourth-order valence-electron chi connectivity index (χ4n) is 2.26. The molecule has 1 fully saturated rings. The van der Waals surface area contributed by atoms with E-state index >= 15 is 0 Å². The molecule has 1 aliphatic rings. The Balaban J connectivity index is 2.14. The number of aromatic nitrogens is 2. The van der Waals surface area contributed by atoms with Gasteiger partial charge in [-0.25, -0.2) is 18.2 Å². The fourth-order valence-corrected chi connectivity index (χ4v) is 2.26. The third-order valence-electron chi connectivity index (χ3n) is 3.29. The van der Waals surface area contributed by atoms with Gasteiger partial charge in [0, 0.05) is 11.6 Å². The first-order valence-electron chi connectivity index (χ1n) is 5.98. The normalized spacial score (nSPS) is 14.9. The number of halogens is 3. The summed E-state index contributed by atoms with van der Waals surface area (Å²) in [4.78, 5) is 4.24. The predicted octanol–water partition coefficient (Wildman–Crippen LogP) is 3.19. The van der Waals surface area contributed by atoms with Crippen LogP contribution in [0.15, 0.2) is 12.1 Å². The molecule has 1 heterocycles. The highest BCUT2D eigenvalue weighted by Crippen LogP contribution is 2.40. The average molecular weight is 267 g/mol. The third-order valence-corrected chi connectivity index (χ3v) is 3.29. The molecule has 100 valence electrons. The van der Waals surface area contributed by atoms with E-state index in [9.17, 15) is 13.2 Å². The quantitative estimate of drug-likeness (QED) is 0.849. The second-order valence-electron chi connectivity index (χ2n) is 4.75. The lowest BCUT2D eigenvalue weighted by molar-refractivity contribution is 0.447. The van der Waals surface area contributed by atoms with Gasteiger partial charge in [-0.1, -0.05) is 0 Å². The van der Waals surface area contributed by atoms with Crippen LogP contribution in [0.2, 0.25) is 0 Å². The Hall–Kier alpha value is -1.98. The molecule has 3 rings (SSSR count). The molecule has 0 unspecified atom stereocenters. The molecule has 0 spiro atoms. The molecule has 1 aromatic heterocycles. The van der Waals surface area contributed by atoms with Crippen LogP contribution in [-0.2, 0) is 0 Å². The predicted molar refractivity (Wildman–Crippen MR) is 65.0 cm³/mol. The summed E-state index contributed by atoms with van der Waals surface area (Å²) in [5, 5.41) is 0. The minimum atomic E-state index is -1.49. The van der Waals surface area contributed by atoms with Gasteiger partial charge in [-0.3, -0.25) is 0 Å². The Morgan fingerprint density at radius 1 is 1.21 bits per heavy atom. The summed E-state index contributed by atoms with van der Waals surface area (Å²) in [7, 11) is 0. The van der Waals surface area contributed by atoms with Crippen molar-refractivity contribution >= 4 is 5.82 Å². The van der Waals surface area contributed by atoms with Crippen LogP contribution in [0.4, 0.5) is 19.0 Å². The maximum absolute atomic E-state index is 13.2. The maximum Gasteiger partial charge on any atom is 0.194 e. The minimum Gasteiger partial charge on any atom is -0.383 e. The summed E-state index contributed by atoms with van der Waals surface area (Å²) in [5.74, 6) is -2.91. The topological polar surface area (TPSA) is 43.8 Å². The van der Waals surface area contributed by atoms with Gasteiger partial charge in [0.25, 0.3) is 0 Å².